The molecule has 0 aliphatic rings. The Kier molecular flexibility index (Phi) is 3.98. The van der Waals surface area contributed by atoms with Gasteiger partial charge in [-0.05, 0) is 26.0 Å². The maximum Gasteiger partial charge on any atom is 0.271 e. The van der Waals surface area contributed by atoms with Crippen molar-refractivity contribution in [3.05, 3.63) is 57.2 Å². The second-order valence-corrected chi connectivity index (χ2v) is 6.06. The quantitative estimate of drug-likeness (QED) is 0.577. The zero-order valence-corrected chi connectivity index (χ0v) is 13.3. The number of aryl methyl sites for hydroxylation is 2. The fraction of sp³-hybridized carbons (Fsp3) is 0.133. The van der Waals surface area contributed by atoms with Gasteiger partial charge in [-0.2, -0.15) is 0 Å². The molecule has 0 aliphatic carbocycles. The number of rotatable bonds is 4. The van der Waals surface area contributed by atoms with E-state index in [1.54, 1.807) is 35.7 Å². The van der Waals surface area contributed by atoms with Crippen LogP contribution in [0.1, 0.15) is 10.6 Å². The van der Waals surface area contributed by atoms with Gasteiger partial charge in [0.1, 0.15) is 10.7 Å². The summed E-state index contributed by atoms with van der Waals surface area (Å²) in [4.78, 5) is 24.6. The SMILES string of the molecule is Cc1nc(-c2ccnc(Nc3cccc([N+](=O)[O-])c3)n2)sc1C. The lowest BCUT2D eigenvalue weighted by Gasteiger charge is -2.05. The van der Waals surface area contributed by atoms with Crippen molar-refractivity contribution in [3.8, 4) is 10.7 Å². The van der Waals surface area contributed by atoms with Gasteiger partial charge < -0.3 is 5.32 Å². The molecule has 0 saturated heterocycles. The van der Waals surface area contributed by atoms with Crippen molar-refractivity contribution >= 4 is 28.7 Å². The van der Waals surface area contributed by atoms with E-state index in [4.69, 9.17) is 0 Å². The first-order valence-corrected chi connectivity index (χ1v) is 7.63. The molecular weight excluding hydrogens is 314 g/mol. The van der Waals surface area contributed by atoms with Gasteiger partial charge in [0.15, 0.2) is 0 Å². The third-order valence-corrected chi connectivity index (χ3v) is 4.31. The van der Waals surface area contributed by atoms with E-state index in [9.17, 15) is 10.1 Å². The summed E-state index contributed by atoms with van der Waals surface area (Å²) in [6.45, 7) is 3.97. The van der Waals surface area contributed by atoms with Gasteiger partial charge in [0, 0.05) is 28.9 Å². The molecule has 116 valence electrons. The summed E-state index contributed by atoms with van der Waals surface area (Å²) < 4.78 is 0. The van der Waals surface area contributed by atoms with Crippen LogP contribution in [-0.2, 0) is 0 Å². The molecule has 1 N–H and O–H groups in total. The highest BCUT2D eigenvalue weighted by molar-refractivity contribution is 7.15. The highest BCUT2D eigenvalue weighted by Gasteiger charge is 2.10. The number of anilines is 2. The summed E-state index contributed by atoms with van der Waals surface area (Å²) >= 11 is 1.57. The average Bonchev–Trinajstić information content (AvgIpc) is 2.87. The number of non-ortho nitro benzene ring substituents is 1. The maximum atomic E-state index is 10.8. The first-order valence-electron chi connectivity index (χ1n) is 6.82. The number of nitrogens with one attached hydrogen (secondary N) is 1. The molecule has 0 unspecified atom stereocenters. The molecule has 3 rings (SSSR count). The molecule has 0 atom stereocenters. The van der Waals surface area contributed by atoms with Crippen LogP contribution in [0.5, 0.6) is 0 Å². The fourth-order valence-electron chi connectivity index (χ4n) is 1.95. The average molecular weight is 327 g/mol. The van der Waals surface area contributed by atoms with E-state index in [0.29, 0.717) is 17.3 Å². The molecule has 2 heterocycles. The first kappa shape index (κ1) is 15.0. The Hall–Kier alpha value is -2.87. The van der Waals surface area contributed by atoms with Gasteiger partial charge in [0.25, 0.3) is 5.69 Å². The molecular formula is C15H13N5O2S. The molecule has 0 spiro atoms. The van der Waals surface area contributed by atoms with Crippen molar-refractivity contribution in [1.29, 1.82) is 0 Å². The Bertz CT molecular complexity index is 858. The smallest absolute Gasteiger partial charge is 0.271 e. The predicted octanol–water partition coefficient (Wildman–Crippen LogP) is 3.87. The number of nitrogens with zero attached hydrogens (tertiary/aromatic N) is 4. The first-order chi connectivity index (χ1) is 11.0. The van der Waals surface area contributed by atoms with Crippen molar-refractivity contribution in [1.82, 2.24) is 15.0 Å². The minimum atomic E-state index is -0.441. The van der Waals surface area contributed by atoms with Crippen LogP contribution in [0.15, 0.2) is 36.5 Å². The van der Waals surface area contributed by atoms with Crippen LogP contribution in [0.4, 0.5) is 17.3 Å². The molecule has 0 fully saturated rings. The lowest BCUT2D eigenvalue weighted by atomic mass is 10.3. The van der Waals surface area contributed by atoms with E-state index in [-0.39, 0.29) is 5.69 Å². The highest BCUT2D eigenvalue weighted by Crippen LogP contribution is 2.27. The summed E-state index contributed by atoms with van der Waals surface area (Å²) in [5, 5.41) is 14.6. The van der Waals surface area contributed by atoms with E-state index >= 15 is 0 Å². The molecule has 1 aromatic carbocycles. The van der Waals surface area contributed by atoms with Crippen molar-refractivity contribution < 1.29 is 4.92 Å². The standard InChI is InChI=1S/C15H13N5O2S/c1-9-10(2)23-14(17-9)13-6-7-16-15(19-13)18-11-4-3-5-12(8-11)20(21)22/h3-8H,1-2H3,(H,16,18,19). The minimum Gasteiger partial charge on any atom is -0.324 e. The van der Waals surface area contributed by atoms with Crippen LogP contribution >= 0.6 is 11.3 Å². The number of aromatic nitrogens is 3. The molecule has 0 radical (unpaired) electrons. The largest absolute Gasteiger partial charge is 0.324 e. The van der Waals surface area contributed by atoms with Gasteiger partial charge in [-0.15, -0.1) is 11.3 Å². The van der Waals surface area contributed by atoms with Crippen LogP contribution in [0, 0.1) is 24.0 Å². The van der Waals surface area contributed by atoms with Crippen molar-refractivity contribution in [2.24, 2.45) is 0 Å². The van der Waals surface area contributed by atoms with Crippen LogP contribution < -0.4 is 5.32 Å². The van der Waals surface area contributed by atoms with Gasteiger partial charge in [-0.3, -0.25) is 10.1 Å². The van der Waals surface area contributed by atoms with E-state index in [1.165, 1.54) is 12.1 Å². The Morgan fingerprint density at radius 1 is 1.22 bits per heavy atom. The Morgan fingerprint density at radius 3 is 2.74 bits per heavy atom. The molecule has 2 aromatic heterocycles. The number of nitro benzene ring substituents is 1. The van der Waals surface area contributed by atoms with Crippen LogP contribution in [-0.4, -0.2) is 19.9 Å². The van der Waals surface area contributed by atoms with Gasteiger partial charge in [0.05, 0.1) is 10.6 Å². The second kappa shape index (κ2) is 6.09. The van der Waals surface area contributed by atoms with Gasteiger partial charge in [0.2, 0.25) is 5.95 Å². The summed E-state index contributed by atoms with van der Waals surface area (Å²) in [6, 6.07) is 7.99. The van der Waals surface area contributed by atoms with Crippen molar-refractivity contribution in [3.63, 3.8) is 0 Å². The van der Waals surface area contributed by atoms with Crippen molar-refractivity contribution in [2.45, 2.75) is 13.8 Å². The Labute approximate surface area is 136 Å². The predicted molar refractivity (Wildman–Crippen MR) is 89.0 cm³/mol. The Morgan fingerprint density at radius 2 is 2.04 bits per heavy atom. The topological polar surface area (TPSA) is 93.8 Å². The van der Waals surface area contributed by atoms with Gasteiger partial charge >= 0.3 is 0 Å². The zero-order chi connectivity index (χ0) is 16.4. The third-order valence-electron chi connectivity index (χ3n) is 3.22. The molecule has 3 aromatic rings. The minimum absolute atomic E-state index is 0.0114. The van der Waals surface area contributed by atoms with Crippen LogP contribution in [0.3, 0.4) is 0 Å². The summed E-state index contributed by atoms with van der Waals surface area (Å²) in [6.07, 6.45) is 1.63. The monoisotopic (exact) mass is 327 g/mol. The van der Waals surface area contributed by atoms with E-state index in [0.717, 1.165) is 15.6 Å². The molecule has 0 bridgehead atoms. The molecule has 0 aliphatic heterocycles. The molecule has 8 heteroatoms. The number of hydrogen-bond acceptors (Lipinski definition) is 7. The zero-order valence-electron chi connectivity index (χ0n) is 12.5. The molecule has 7 nitrogen and oxygen atoms in total. The maximum absolute atomic E-state index is 10.8. The number of hydrogen-bond donors (Lipinski definition) is 1. The molecule has 0 amide bonds. The normalized spacial score (nSPS) is 10.5. The van der Waals surface area contributed by atoms with Gasteiger partial charge in [-0.1, -0.05) is 6.07 Å². The van der Waals surface area contributed by atoms with Crippen LogP contribution in [0.2, 0.25) is 0 Å². The lowest BCUT2D eigenvalue weighted by Crippen LogP contribution is -1.98. The Balaban J connectivity index is 1.88. The van der Waals surface area contributed by atoms with Crippen molar-refractivity contribution in [2.75, 3.05) is 5.32 Å². The number of nitro groups is 1. The fourth-order valence-corrected chi connectivity index (χ4v) is 2.83. The summed E-state index contributed by atoms with van der Waals surface area (Å²) in [5.74, 6) is 0.369. The number of thiazole rings is 1. The van der Waals surface area contributed by atoms with Crippen LogP contribution in [0.25, 0.3) is 10.7 Å². The summed E-state index contributed by atoms with van der Waals surface area (Å²) in [7, 11) is 0. The van der Waals surface area contributed by atoms with E-state index in [1.807, 2.05) is 13.8 Å². The number of benzene rings is 1. The third kappa shape index (κ3) is 3.32. The highest BCUT2D eigenvalue weighted by atomic mass is 32.1. The van der Waals surface area contributed by atoms with E-state index in [2.05, 4.69) is 20.3 Å². The second-order valence-electron chi connectivity index (χ2n) is 4.86. The molecule has 23 heavy (non-hydrogen) atoms. The van der Waals surface area contributed by atoms with Gasteiger partial charge in [-0.25, -0.2) is 15.0 Å². The van der Waals surface area contributed by atoms with E-state index < -0.39 is 4.92 Å². The lowest BCUT2D eigenvalue weighted by molar-refractivity contribution is -0.384. The summed E-state index contributed by atoms with van der Waals surface area (Å²) in [5.41, 5.74) is 2.27. The molecule has 0 saturated carbocycles.